The van der Waals surface area contributed by atoms with Crippen molar-refractivity contribution in [2.45, 2.75) is 19.0 Å². The second-order valence-electron chi connectivity index (χ2n) is 1.69. The van der Waals surface area contributed by atoms with E-state index in [1.165, 1.54) is 0 Å². The lowest BCUT2D eigenvalue weighted by Crippen LogP contribution is -2.15. The molecule has 0 bridgehead atoms. The van der Waals surface area contributed by atoms with E-state index >= 15 is 0 Å². The summed E-state index contributed by atoms with van der Waals surface area (Å²) in [7, 11) is 0. The lowest BCUT2D eigenvalue weighted by atomic mass is 10.2. The first-order valence-electron chi connectivity index (χ1n) is 2.74. The van der Waals surface area contributed by atoms with Gasteiger partial charge in [-0.25, -0.2) is 9.18 Å². The van der Waals surface area contributed by atoms with E-state index in [1.807, 2.05) is 0 Å². The van der Waals surface area contributed by atoms with Gasteiger partial charge in [-0.15, -0.1) is 0 Å². The highest BCUT2D eigenvalue weighted by molar-refractivity contribution is 5.73. The molecule has 0 aliphatic heterocycles. The molecule has 0 saturated carbocycles. The highest BCUT2D eigenvalue weighted by Crippen LogP contribution is 2.04. The minimum atomic E-state index is -2.04. The molecule has 0 rings (SSSR count). The van der Waals surface area contributed by atoms with E-state index in [-0.39, 0.29) is 12.8 Å². The summed E-state index contributed by atoms with van der Waals surface area (Å²) in [5.74, 6) is -1.59. The maximum atomic E-state index is 12.1. The Morgan fingerprint density at radius 3 is 2.60 bits per heavy atom. The zero-order valence-electron chi connectivity index (χ0n) is 5.15. The second-order valence-corrected chi connectivity index (χ2v) is 1.69. The summed E-state index contributed by atoms with van der Waals surface area (Å²) in [6.45, 7) is -0.722. The van der Waals surface area contributed by atoms with Gasteiger partial charge in [0.15, 0.2) is 0 Å². The van der Waals surface area contributed by atoms with Crippen molar-refractivity contribution in [3.8, 4) is 0 Å². The lowest BCUT2D eigenvalue weighted by molar-refractivity contribution is -0.190. The molecule has 0 spiro atoms. The number of halogens is 3. The molecule has 0 aromatic heterocycles. The maximum Gasteiger partial charge on any atom is 0.382 e. The highest BCUT2D eigenvalue weighted by Gasteiger charge is 2.18. The van der Waals surface area contributed by atoms with Crippen LogP contribution in [0.4, 0.5) is 13.3 Å². The summed E-state index contributed by atoms with van der Waals surface area (Å²) in [5, 5.41) is 0. The van der Waals surface area contributed by atoms with Crippen molar-refractivity contribution in [2.75, 3.05) is 6.67 Å². The van der Waals surface area contributed by atoms with E-state index in [2.05, 4.69) is 4.94 Å². The van der Waals surface area contributed by atoms with Crippen molar-refractivity contribution < 1.29 is 23.0 Å². The maximum absolute atomic E-state index is 12.1. The van der Waals surface area contributed by atoms with E-state index in [4.69, 9.17) is 0 Å². The molecule has 1 atom stereocenters. The van der Waals surface area contributed by atoms with Gasteiger partial charge in [-0.2, -0.15) is 0 Å². The molecular weight excluding hydrogens is 149 g/mol. The van der Waals surface area contributed by atoms with Crippen LogP contribution in [0.3, 0.4) is 0 Å². The van der Waals surface area contributed by atoms with Gasteiger partial charge in [0.05, 0.1) is 6.67 Å². The minimum absolute atomic E-state index is 0.101. The minimum Gasteiger partial charge on any atom is -0.252 e. The van der Waals surface area contributed by atoms with Gasteiger partial charge in [0.1, 0.15) is 0 Å². The Balaban J connectivity index is 3.41. The van der Waals surface area contributed by atoms with Crippen molar-refractivity contribution >= 4 is 5.97 Å². The van der Waals surface area contributed by atoms with Crippen LogP contribution >= 0.6 is 0 Å². The van der Waals surface area contributed by atoms with Gasteiger partial charge in [-0.05, 0) is 12.8 Å². The third kappa shape index (κ3) is 3.32. The number of hydrogen-bond donors (Lipinski definition) is 0. The molecule has 0 aliphatic rings. The first-order valence-corrected chi connectivity index (χ1v) is 2.74. The van der Waals surface area contributed by atoms with E-state index < -0.39 is 18.8 Å². The van der Waals surface area contributed by atoms with Crippen LogP contribution in [0, 0.1) is 0 Å². The molecule has 60 valence electrons. The molecule has 0 aliphatic carbocycles. The highest BCUT2D eigenvalue weighted by atomic mass is 19.3. The summed E-state index contributed by atoms with van der Waals surface area (Å²) in [6.07, 6.45) is -2.48. The fourth-order valence-electron chi connectivity index (χ4n) is 0.423. The normalized spacial score (nSPS) is 12.7. The van der Waals surface area contributed by atoms with Crippen molar-refractivity contribution in [2.24, 2.45) is 0 Å². The molecule has 0 N–H and O–H groups in total. The predicted molar refractivity (Wildman–Crippen MR) is 27.3 cm³/mol. The smallest absolute Gasteiger partial charge is 0.252 e. The molecule has 10 heavy (non-hydrogen) atoms. The van der Waals surface area contributed by atoms with Crippen molar-refractivity contribution in [3.05, 3.63) is 0 Å². The van der Waals surface area contributed by atoms with Crippen molar-refractivity contribution in [3.63, 3.8) is 0 Å². The first kappa shape index (κ1) is 9.26. The molecule has 0 heterocycles. The summed E-state index contributed by atoms with van der Waals surface area (Å²) < 4.78 is 34.3. The SMILES string of the molecule is O=C(OF)C(F)CCCF. The van der Waals surface area contributed by atoms with Gasteiger partial charge in [0, 0.05) is 4.53 Å². The van der Waals surface area contributed by atoms with Crippen LogP contribution in [0.2, 0.25) is 0 Å². The zero-order valence-corrected chi connectivity index (χ0v) is 5.15. The Morgan fingerprint density at radius 2 is 2.20 bits per heavy atom. The second kappa shape index (κ2) is 5.08. The van der Waals surface area contributed by atoms with E-state index in [0.717, 1.165) is 0 Å². The van der Waals surface area contributed by atoms with Crippen LogP contribution in [0.15, 0.2) is 0 Å². The summed E-state index contributed by atoms with van der Waals surface area (Å²) >= 11 is 0. The number of carbonyl (C=O) groups excluding carboxylic acids is 1. The fourth-order valence-corrected chi connectivity index (χ4v) is 0.423. The Hall–Kier alpha value is -0.740. The Labute approximate surface area is 55.9 Å². The third-order valence-electron chi connectivity index (χ3n) is 0.923. The topological polar surface area (TPSA) is 26.3 Å². The summed E-state index contributed by atoms with van der Waals surface area (Å²) in [6, 6.07) is 0. The third-order valence-corrected chi connectivity index (χ3v) is 0.923. The first-order chi connectivity index (χ1) is 4.72. The monoisotopic (exact) mass is 156 g/mol. The predicted octanol–water partition coefficient (Wildman–Crippen LogP) is 1.50. The number of hydrogen-bond acceptors (Lipinski definition) is 2. The summed E-state index contributed by atoms with van der Waals surface area (Å²) in [5.41, 5.74) is 0. The van der Waals surface area contributed by atoms with E-state index in [1.54, 1.807) is 0 Å². The van der Waals surface area contributed by atoms with Gasteiger partial charge in [-0.1, -0.05) is 0 Å². The van der Waals surface area contributed by atoms with Gasteiger partial charge in [-0.3, -0.25) is 9.33 Å². The van der Waals surface area contributed by atoms with Crippen LogP contribution < -0.4 is 0 Å². The molecule has 0 amide bonds. The molecule has 0 fully saturated rings. The summed E-state index contributed by atoms with van der Waals surface area (Å²) in [4.78, 5) is 12.5. The molecule has 2 nitrogen and oxygen atoms in total. The number of alkyl halides is 2. The number of rotatable bonds is 4. The van der Waals surface area contributed by atoms with Crippen LogP contribution in [-0.2, 0) is 9.74 Å². The lowest BCUT2D eigenvalue weighted by Gasteiger charge is -1.98. The molecule has 5 heteroatoms. The van der Waals surface area contributed by atoms with Crippen LogP contribution in [0.5, 0.6) is 0 Å². The quantitative estimate of drug-likeness (QED) is 0.616. The van der Waals surface area contributed by atoms with Crippen LogP contribution in [0.25, 0.3) is 0 Å². The van der Waals surface area contributed by atoms with Crippen molar-refractivity contribution in [1.82, 2.24) is 0 Å². The van der Waals surface area contributed by atoms with E-state index in [0.29, 0.717) is 0 Å². The fraction of sp³-hybridized carbons (Fsp3) is 0.800. The Kier molecular flexibility index (Phi) is 4.70. The van der Waals surface area contributed by atoms with Crippen LogP contribution in [-0.4, -0.2) is 18.8 Å². The van der Waals surface area contributed by atoms with Crippen molar-refractivity contribution in [1.29, 1.82) is 0 Å². The Bertz CT molecular complexity index is 107. The standard InChI is InChI=1S/C5H7F3O2/c6-3-1-2-4(7)5(9)10-8/h4H,1-3H2. The number of carbonyl (C=O) groups is 1. The molecule has 0 saturated heterocycles. The average molecular weight is 156 g/mol. The van der Waals surface area contributed by atoms with Gasteiger partial charge in [0.25, 0.3) is 0 Å². The van der Waals surface area contributed by atoms with Gasteiger partial charge in [0.2, 0.25) is 6.17 Å². The average Bonchev–Trinajstić information content (AvgIpc) is 1.98. The molecule has 0 aromatic rings. The van der Waals surface area contributed by atoms with Crippen LogP contribution in [0.1, 0.15) is 12.8 Å². The molecular formula is C5H7F3O2. The Morgan fingerprint density at radius 1 is 1.60 bits per heavy atom. The molecule has 1 unspecified atom stereocenters. The van der Waals surface area contributed by atoms with E-state index in [9.17, 15) is 18.1 Å². The zero-order chi connectivity index (χ0) is 7.98. The largest absolute Gasteiger partial charge is 0.382 e. The molecule has 0 aromatic carbocycles. The van der Waals surface area contributed by atoms with Gasteiger partial charge >= 0.3 is 5.97 Å². The molecule has 0 radical (unpaired) electrons. The van der Waals surface area contributed by atoms with Gasteiger partial charge < -0.3 is 0 Å².